The second-order valence-corrected chi connectivity index (χ2v) is 10.5. The maximum atomic E-state index is 13.2. The van der Waals surface area contributed by atoms with Gasteiger partial charge in [-0.25, -0.2) is 4.39 Å². The highest BCUT2D eigenvalue weighted by Gasteiger charge is 2.38. The predicted molar refractivity (Wildman–Crippen MR) is 134 cm³/mol. The molecule has 1 heterocycles. The van der Waals surface area contributed by atoms with Crippen LogP contribution >= 0.6 is 0 Å². The molecule has 224 valence electrons. The Labute approximate surface area is 231 Å². The Hall–Kier alpha value is -3.04. The Kier molecular flexibility index (Phi) is 10.2. The molecule has 1 fully saturated rings. The average molecular weight is 610 g/mol. The summed E-state index contributed by atoms with van der Waals surface area (Å²) in [6, 6.07) is 12.2. The molecule has 1 aliphatic rings. The van der Waals surface area contributed by atoms with E-state index < -0.39 is 57.9 Å². The number of morpholine rings is 1. The standard InChI is InChI=1S/C20H18F7NO2.C7H8O3S/c1-11(13-8-14(19(22,23)24)10-15(9-13)20(25,26)27)30-18-17(28-6-7-29-18)12-2-4-16(21)5-3-12;1-6-2-4-7(5-3-6)11(8,9)10/h2-5,8-11,17-18,28H,6-7H2,1H3;2-5H,1H3,(H,8,9,10)/t11-,17?,18?;/m1./s1. The lowest BCUT2D eigenvalue weighted by molar-refractivity contribution is -0.200. The van der Waals surface area contributed by atoms with Crippen molar-refractivity contribution in [3.05, 3.63) is 100 Å². The number of alkyl halides is 6. The average Bonchev–Trinajstić information content (AvgIpc) is 2.88. The van der Waals surface area contributed by atoms with Gasteiger partial charge < -0.3 is 14.8 Å². The minimum Gasteiger partial charge on any atom is -0.349 e. The number of hydrogen-bond donors (Lipinski definition) is 2. The molecule has 0 aliphatic carbocycles. The van der Waals surface area contributed by atoms with Gasteiger partial charge in [-0.15, -0.1) is 0 Å². The first-order valence-corrected chi connectivity index (χ1v) is 13.5. The number of halogens is 7. The maximum Gasteiger partial charge on any atom is 0.416 e. The number of benzene rings is 3. The van der Waals surface area contributed by atoms with Crippen LogP contribution in [0.25, 0.3) is 0 Å². The van der Waals surface area contributed by atoms with E-state index in [1.807, 2.05) is 6.92 Å². The zero-order valence-corrected chi connectivity index (χ0v) is 22.4. The molecule has 3 aromatic rings. The minimum absolute atomic E-state index is 0.0657. The molecule has 0 radical (unpaired) electrons. The highest BCUT2D eigenvalue weighted by atomic mass is 32.2. The van der Waals surface area contributed by atoms with Gasteiger partial charge in [0.25, 0.3) is 10.1 Å². The lowest BCUT2D eigenvalue weighted by Gasteiger charge is -2.34. The van der Waals surface area contributed by atoms with Crippen molar-refractivity contribution in [3.63, 3.8) is 0 Å². The zero-order chi connectivity index (χ0) is 30.6. The van der Waals surface area contributed by atoms with Crippen molar-refractivity contribution in [2.75, 3.05) is 13.2 Å². The molecule has 3 atom stereocenters. The van der Waals surface area contributed by atoms with E-state index in [9.17, 15) is 39.2 Å². The molecular weight excluding hydrogens is 583 g/mol. The molecular formula is C27H26F7NO5S. The predicted octanol–water partition coefficient (Wildman–Crippen LogP) is 6.87. The quantitative estimate of drug-likeness (QED) is 0.243. The van der Waals surface area contributed by atoms with Gasteiger partial charge in [0, 0.05) is 6.54 Å². The van der Waals surface area contributed by atoms with Crippen LogP contribution in [-0.2, 0) is 31.9 Å². The second-order valence-electron chi connectivity index (χ2n) is 9.13. The smallest absolute Gasteiger partial charge is 0.349 e. The molecule has 2 N–H and O–H groups in total. The normalized spacial score (nSPS) is 18.8. The van der Waals surface area contributed by atoms with Crippen LogP contribution in [0.15, 0.2) is 71.6 Å². The first-order chi connectivity index (χ1) is 18.9. The summed E-state index contributed by atoms with van der Waals surface area (Å²) in [7, 11) is -4.02. The Morgan fingerprint density at radius 2 is 1.46 bits per heavy atom. The Bertz CT molecular complexity index is 1380. The minimum atomic E-state index is -4.95. The van der Waals surface area contributed by atoms with Crippen molar-refractivity contribution in [1.29, 1.82) is 0 Å². The van der Waals surface area contributed by atoms with Crippen molar-refractivity contribution in [3.8, 4) is 0 Å². The summed E-state index contributed by atoms with van der Waals surface area (Å²) in [4.78, 5) is -0.0666. The SMILES string of the molecule is C[C@@H](OC1OCCNC1c1ccc(F)cc1)c1cc(C(F)(F)F)cc(C(F)(F)F)c1.Cc1ccc(S(=O)(=O)O)cc1. The van der Waals surface area contributed by atoms with Gasteiger partial charge in [-0.1, -0.05) is 29.8 Å². The van der Waals surface area contributed by atoms with Crippen molar-refractivity contribution < 1.29 is 53.2 Å². The molecule has 14 heteroatoms. The molecule has 1 aliphatic heterocycles. The van der Waals surface area contributed by atoms with Crippen LogP contribution in [0.4, 0.5) is 30.7 Å². The number of aryl methyl sites for hydroxylation is 1. The van der Waals surface area contributed by atoms with Crippen LogP contribution in [0.1, 0.15) is 46.9 Å². The monoisotopic (exact) mass is 609 g/mol. The lowest BCUT2D eigenvalue weighted by Crippen LogP contribution is -2.43. The Morgan fingerprint density at radius 1 is 0.927 bits per heavy atom. The number of ether oxygens (including phenoxy) is 2. The number of nitrogens with one attached hydrogen (secondary N) is 1. The molecule has 0 spiro atoms. The van der Waals surface area contributed by atoms with Gasteiger partial charge in [-0.2, -0.15) is 34.8 Å². The van der Waals surface area contributed by atoms with Crippen molar-refractivity contribution in [2.45, 2.75) is 49.5 Å². The van der Waals surface area contributed by atoms with Gasteiger partial charge in [0.1, 0.15) is 5.82 Å². The molecule has 2 unspecified atom stereocenters. The second kappa shape index (κ2) is 12.9. The fraction of sp³-hybridized carbons (Fsp3) is 0.333. The van der Waals surface area contributed by atoms with Crippen LogP contribution in [0, 0.1) is 12.7 Å². The molecule has 4 rings (SSSR count). The van der Waals surface area contributed by atoms with Crippen LogP contribution in [-0.4, -0.2) is 32.4 Å². The summed E-state index contributed by atoms with van der Waals surface area (Å²) in [5.74, 6) is -0.454. The molecule has 1 saturated heterocycles. The van der Waals surface area contributed by atoms with Gasteiger partial charge in [0.05, 0.1) is 34.8 Å². The van der Waals surface area contributed by atoms with E-state index in [0.29, 0.717) is 24.2 Å². The van der Waals surface area contributed by atoms with E-state index >= 15 is 0 Å². The van der Waals surface area contributed by atoms with Crippen molar-refractivity contribution >= 4 is 10.1 Å². The van der Waals surface area contributed by atoms with E-state index in [2.05, 4.69) is 5.32 Å². The third-order valence-electron chi connectivity index (χ3n) is 5.99. The molecule has 0 aromatic heterocycles. The fourth-order valence-corrected chi connectivity index (χ4v) is 4.33. The Morgan fingerprint density at radius 3 is 1.95 bits per heavy atom. The fourth-order valence-electron chi connectivity index (χ4n) is 3.85. The van der Waals surface area contributed by atoms with E-state index in [-0.39, 0.29) is 23.1 Å². The first kappa shape index (κ1) is 32.5. The molecule has 3 aromatic carbocycles. The summed E-state index contributed by atoms with van der Waals surface area (Å²) in [6.45, 7) is 3.85. The molecule has 6 nitrogen and oxygen atoms in total. The highest BCUT2D eigenvalue weighted by Crippen LogP contribution is 2.38. The van der Waals surface area contributed by atoms with Gasteiger partial charge in [-0.3, -0.25) is 4.55 Å². The number of rotatable bonds is 5. The van der Waals surface area contributed by atoms with Crippen LogP contribution in [0.2, 0.25) is 0 Å². The largest absolute Gasteiger partial charge is 0.416 e. The lowest BCUT2D eigenvalue weighted by atomic mass is 10.0. The van der Waals surface area contributed by atoms with E-state index in [1.165, 1.54) is 43.3 Å². The maximum absolute atomic E-state index is 13.2. The summed E-state index contributed by atoms with van der Waals surface area (Å²) in [6.07, 6.45) is -12.0. The third kappa shape index (κ3) is 9.23. The van der Waals surface area contributed by atoms with E-state index in [0.717, 1.165) is 5.56 Å². The van der Waals surface area contributed by atoms with E-state index in [1.54, 1.807) is 12.1 Å². The van der Waals surface area contributed by atoms with Crippen LogP contribution in [0.3, 0.4) is 0 Å². The topological polar surface area (TPSA) is 84.9 Å². The summed E-state index contributed by atoms with van der Waals surface area (Å²) in [5.41, 5.74) is -1.56. The van der Waals surface area contributed by atoms with Crippen LogP contribution in [0.5, 0.6) is 0 Å². The summed E-state index contributed by atoms with van der Waals surface area (Å²) < 4.78 is 133. The molecule has 0 saturated carbocycles. The summed E-state index contributed by atoms with van der Waals surface area (Å²) >= 11 is 0. The number of hydrogen-bond acceptors (Lipinski definition) is 5. The highest BCUT2D eigenvalue weighted by molar-refractivity contribution is 7.85. The third-order valence-corrected chi connectivity index (χ3v) is 6.85. The first-order valence-electron chi connectivity index (χ1n) is 12.0. The zero-order valence-electron chi connectivity index (χ0n) is 21.6. The summed E-state index contributed by atoms with van der Waals surface area (Å²) in [5, 5.41) is 3.10. The van der Waals surface area contributed by atoms with E-state index in [4.69, 9.17) is 14.0 Å². The van der Waals surface area contributed by atoms with Gasteiger partial charge in [0.15, 0.2) is 6.29 Å². The molecule has 41 heavy (non-hydrogen) atoms. The van der Waals surface area contributed by atoms with Crippen LogP contribution < -0.4 is 5.32 Å². The van der Waals surface area contributed by atoms with Crippen molar-refractivity contribution in [1.82, 2.24) is 5.32 Å². The molecule has 0 amide bonds. The molecule has 0 bridgehead atoms. The van der Waals surface area contributed by atoms with Gasteiger partial charge >= 0.3 is 12.4 Å². The Balaban J connectivity index is 0.000000352. The van der Waals surface area contributed by atoms with Crippen molar-refractivity contribution in [2.24, 2.45) is 0 Å². The van der Waals surface area contributed by atoms with Gasteiger partial charge in [-0.05, 0) is 67.4 Å². The van der Waals surface area contributed by atoms with Gasteiger partial charge in [0.2, 0.25) is 0 Å².